The van der Waals surface area contributed by atoms with E-state index in [1.807, 2.05) is 50.2 Å². The number of nitrogens with zero attached hydrogens (tertiary/aromatic N) is 1. The van der Waals surface area contributed by atoms with E-state index in [9.17, 15) is 8.42 Å². The maximum Gasteiger partial charge on any atom is 0.243 e. The van der Waals surface area contributed by atoms with Gasteiger partial charge in [0.2, 0.25) is 10.0 Å². The van der Waals surface area contributed by atoms with E-state index in [1.165, 1.54) is 0 Å². The predicted molar refractivity (Wildman–Crippen MR) is 95.0 cm³/mol. The predicted octanol–water partition coefficient (Wildman–Crippen LogP) is 3.49. The Morgan fingerprint density at radius 3 is 2.46 bits per heavy atom. The lowest BCUT2D eigenvalue weighted by Crippen LogP contribution is -2.29. The lowest BCUT2D eigenvalue weighted by Gasteiger charge is -2.18. The second-order valence-electron chi connectivity index (χ2n) is 6.39. The van der Waals surface area contributed by atoms with Crippen LogP contribution in [0.2, 0.25) is 0 Å². The Hall–Kier alpha value is -1.85. The van der Waals surface area contributed by atoms with Crippen LogP contribution in [0.1, 0.15) is 29.0 Å². The molecule has 0 saturated carbocycles. The number of rotatable bonds is 4. The molecule has 2 aromatic rings. The van der Waals surface area contributed by atoms with Gasteiger partial charge in [-0.25, -0.2) is 8.42 Å². The number of sulfonamides is 1. The summed E-state index contributed by atoms with van der Waals surface area (Å²) in [6.07, 6.45) is 0.844. The highest BCUT2D eigenvalue weighted by atomic mass is 32.2. The first-order valence-electron chi connectivity index (χ1n) is 8.13. The molecule has 0 N–H and O–H groups in total. The van der Waals surface area contributed by atoms with Gasteiger partial charge < -0.3 is 4.74 Å². The van der Waals surface area contributed by atoms with Crippen molar-refractivity contribution in [2.75, 3.05) is 20.2 Å². The zero-order valence-electron chi connectivity index (χ0n) is 14.3. The van der Waals surface area contributed by atoms with Crippen molar-refractivity contribution >= 4 is 10.0 Å². The lowest BCUT2D eigenvalue weighted by molar-refractivity contribution is 0.414. The van der Waals surface area contributed by atoms with Crippen molar-refractivity contribution < 1.29 is 13.2 Å². The van der Waals surface area contributed by atoms with E-state index in [0.717, 1.165) is 28.9 Å². The maximum absolute atomic E-state index is 13.0. The summed E-state index contributed by atoms with van der Waals surface area (Å²) in [4.78, 5) is 0.429. The van der Waals surface area contributed by atoms with Gasteiger partial charge in [-0.15, -0.1) is 0 Å². The van der Waals surface area contributed by atoms with Crippen LogP contribution in [0.5, 0.6) is 5.75 Å². The number of ether oxygens (including phenoxy) is 1. The molecule has 0 spiro atoms. The maximum atomic E-state index is 13.0. The van der Waals surface area contributed by atoms with E-state index >= 15 is 0 Å². The van der Waals surface area contributed by atoms with E-state index in [0.29, 0.717) is 18.0 Å². The summed E-state index contributed by atoms with van der Waals surface area (Å²) >= 11 is 0. The Morgan fingerprint density at radius 2 is 1.79 bits per heavy atom. The van der Waals surface area contributed by atoms with Gasteiger partial charge in [-0.1, -0.05) is 24.3 Å². The molecule has 1 heterocycles. The fourth-order valence-electron chi connectivity index (χ4n) is 3.22. The van der Waals surface area contributed by atoms with Crippen molar-refractivity contribution in [3.8, 4) is 5.75 Å². The van der Waals surface area contributed by atoms with Crippen LogP contribution in [0.15, 0.2) is 47.4 Å². The van der Waals surface area contributed by atoms with Gasteiger partial charge in [-0.05, 0) is 61.1 Å². The third-order valence-corrected chi connectivity index (χ3v) is 6.71. The average molecular weight is 345 g/mol. The standard InChI is InChI=1S/C19H23NO3S/c1-14-4-5-15(2)19(12-14)24(21,22)20-11-10-17(13-20)16-6-8-18(23-3)9-7-16/h4-9,12,17H,10-11,13H2,1-3H3. The minimum Gasteiger partial charge on any atom is -0.497 e. The Balaban J connectivity index is 1.82. The largest absolute Gasteiger partial charge is 0.497 e. The minimum absolute atomic E-state index is 0.232. The van der Waals surface area contributed by atoms with Crippen LogP contribution in [0.4, 0.5) is 0 Å². The molecule has 0 radical (unpaired) electrons. The molecule has 0 aromatic heterocycles. The smallest absolute Gasteiger partial charge is 0.243 e. The molecule has 128 valence electrons. The molecule has 1 fully saturated rings. The van der Waals surface area contributed by atoms with E-state index < -0.39 is 10.0 Å². The van der Waals surface area contributed by atoms with Crippen molar-refractivity contribution in [2.45, 2.75) is 31.1 Å². The summed E-state index contributed by atoms with van der Waals surface area (Å²) in [5.74, 6) is 1.05. The quantitative estimate of drug-likeness (QED) is 0.852. The van der Waals surface area contributed by atoms with Gasteiger partial charge in [0.1, 0.15) is 5.75 Å². The minimum atomic E-state index is -3.44. The molecule has 2 aromatic carbocycles. The van der Waals surface area contributed by atoms with Crippen LogP contribution in [-0.4, -0.2) is 32.9 Å². The Kier molecular flexibility index (Phi) is 4.65. The fraction of sp³-hybridized carbons (Fsp3) is 0.368. The van der Waals surface area contributed by atoms with Crippen molar-refractivity contribution in [3.63, 3.8) is 0 Å². The summed E-state index contributed by atoms with van der Waals surface area (Å²) in [6, 6.07) is 13.5. The van der Waals surface area contributed by atoms with E-state index in [1.54, 1.807) is 17.5 Å². The molecule has 1 saturated heterocycles. The third kappa shape index (κ3) is 3.19. The van der Waals surface area contributed by atoms with Gasteiger partial charge in [-0.2, -0.15) is 4.31 Å². The molecule has 3 rings (SSSR count). The molecule has 5 heteroatoms. The molecule has 0 aliphatic carbocycles. The Bertz CT molecular complexity index is 828. The number of hydrogen-bond acceptors (Lipinski definition) is 3. The highest BCUT2D eigenvalue weighted by molar-refractivity contribution is 7.89. The van der Waals surface area contributed by atoms with E-state index in [-0.39, 0.29) is 5.92 Å². The highest BCUT2D eigenvalue weighted by Crippen LogP contribution is 2.32. The summed E-state index contributed by atoms with van der Waals surface area (Å²) in [7, 11) is -1.80. The van der Waals surface area contributed by atoms with Crippen molar-refractivity contribution in [1.29, 1.82) is 0 Å². The Labute approximate surface area is 144 Å². The van der Waals surface area contributed by atoms with Gasteiger partial charge in [0.25, 0.3) is 0 Å². The molecular formula is C19H23NO3S. The number of hydrogen-bond donors (Lipinski definition) is 0. The number of aryl methyl sites for hydroxylation is 2. The van der Waals surface area contributed by atoms with Crippen LogP contribution >= 0.6 is 0 Å². The highest BCUT2D eigenvalue weighted by Gasteiger charge is 2.34. The van der Waals surface area contributed by atoms with E-state index in [2.05, 4.69) is 0 Å². The van der Waals surface area contributed by atoms with Crippen molar-refractivity contribution in [2.24, 2.45) is 0 Å². The van der Waals surface area contributed by atoms with Crippen LogP contribution in [0.3, 0.4) is 0 Å². The first-order chi connectivity index (χ1) is 11.4. The molecule has 0 bridgehead atoms. The summed E-state index contributed by atoms with van der Waals surface area (Å²) in [5.41, 5.74) is 2.92. The lowest BCUT2D eigenvalue weighted by atomic mass is 9.99. The fourth-order valence-corrected chi connectivity index (χ4v) is 5.03. The summed E-state index contributed by atoms with van der Waals surface area (Å²) < 4.78 is 32.8. The van der Waals surface area contributed by atoms with Crippen LogP contribution < -0.4 is 4.74 Å². The first-order valence-corrected chi connectivity index (χ1v) is 9.57. The third-order valence-electron chi connectivity index (χ3n) is 4.70. The van der Waals surface area contributed by atoms with E-state index in [4.69, 9.17) is 4.74 Å². The molecule has 1 unspecified atom stereocenters. The normalized spacial score (nSPS) is 18.7. The molecule has 1 aliphatic rings. The number of benzene rings is 2. The molecule has 0 amide bonds. The molecule has 4 nitrogen and oxygen atoms in total. The molecule has 24 heavy (non-hydrogen) atoms. The summed E-state index contributed by atoms with van der Waals surface area (Å²) in [6.45, 7) is 4.86. The molecular weight excluding hydrogens is 322 g/mol. The van der Waals surface area contributed by atoms with Gasteiger partial charge >= 0.3 is 0 Å². The SMILES string of the molecule is COc1ccc(C2CCN(S(=O)(=O)c3cc(C)ccc3C)C2)cc1. The molecule has 1 aliphatic heterocycles. The summed E-state index contributed by atoms with van der Waals surface area (Å²) in [5, 5.41) is 0. The van der Waals surface area contributed by atoms with Crippen molar-refractivity contribution in [3.05, 3.63) is 59.2 Å². The zero-order valence-corrected chi connectivity index (χ0v) is 15.1. The first kappa shape index (κ1) is 17.0. The Morgan fingerprint density at radius 1 is 1.08 bits per heavy atom. The second-order valence-corrected chi connectivity index (χ2v) is 8.30. The van der Waals surface area contributed by atoms with Crippen molar-refractivity contribution in [1.82, 2.24) is 4.31 Å². The zero-order chi connectivity index (χ0) is 17.3. The van der Waals surface area contributed by atoms with Gasteiger partial charge in [0.05, 0.1) is 12.0 Å². The van der Waals surface area contributed by atoms with Crippen LogP contribution in [0.25, 0.3) is 0 Å². The monoisotopic (exact) mass is 345 g/mol. The molecule has 1 atom stereocenters. The number of methoxy groups -OCH3 is 1. The van der Waals surface area contributed by atoms with Gasteiger partial charge in [-0.3, -0.25) is 0 Å². The van der Waals surface area contributed by atoms with Crippen LogP contribution in [0, 0.1) is 13.8 Å². The topological polar surface area (TPSA) is 46.6 Å². The average Bonchev–Trinajstić information content (AvgIpc) is 3.08. The van der Waals surface area contributed by atoms with Gasteiger partial charge in [0.15, 0.2) is 0 Å². The van der Waals surface area contributed by atoms with Gasteiger partial charge in [0, 0.05) is 13.1 Å². The van der Waals surface area contributed by atoms with Crippen LogP contribution in [-0.2, 0) is 10.0 Å². The second kappa shape index (κ2) is 6.57.